The second kappa shape index (κ2) is 5.74. The third-order valence-corrected chi connectivity index (χ3v) is 3.96. The van der Waals surface area contributed by atoms with Crippen molar-refractivity contribution in [1.29, 1.82) is 0 Å². The Morgan fingerprint density at radius 2 is 2.00 bits per heavy atom. The summed E-state index contributed by atoms with van der Waals surface area (Å²) in [5.41, 5.74) is 0.745. The molecule has 2 atom stereocenters. The van der Waals surface area contributed by atoms with Gasteiger partial charge in [-0.25, -0.2) is 0 Å². The Labute approximate surface area is 117 Å². The second-order valence-corrected chi connectivity index (χ2v) is 5.87. The van der Waals surface area contributed by atoms with Crippen molar-refractivity contribution in [1.82, 2.24) is 5.01 Å². The molecule has 1 aliphatic heterocycles. The van der Waals surface area contributed by atoms with Gasteiger partial charge in [0, 0.05) is 22.1 Å². The molecule has 0 aromatic heterocycles. The lowest BCUT2D eigenvalue weighted by molar-refractivity contribution is 0.109. The summed E-state index contributed by atoms with van der Waals surface area (Å²) < 4.78 is 0.946. The first-order valence-electron chi connectivity index (χ1n) is 6.39. The fraction of sp³-hybridized carbons (Fsp3) is 0.500. The van der Waals surface area contributed by atoms with Gasteiger partial charge in [-0.05, 0) is 51.3 Å². The average molecular weight is 311 g/mol. The molecule has 0 aliphatic carbocycles. The molecule has 4 heteroatoms. The van der Waals surface area contributed by atoms with E-state index in [1.807, 2.05) is 12.1 Å². The van der Waals surface area contributed by atoms with E-state index in [9.17, 15) is 5.11 Å². The molecule has 0 amide bonds. The maximum absolute atomic E-state index is 9.77. The fourth-order valence-corrected chi connectivity index (χ4v) is 2.77. The number of phenolic OH excluding ortho intramolecular Hbond substituents is 1. The van der Waals surface area contributed by atoms with Gasteiger partial charge < -0.3 is 5.11 Å². The molecule has 1 aromatic rings. The summed E-state index contributed by atoms with van der Waals surface area (Å²) in [5, 5.41) is 16.5. The summed E-state index contributed by atoms with van der Waals surface area (Å²) in [4.78, 5) is 0. The number of phenols is 1. The number of halogens is 1. The highest BCUT2D eigenvalue weighted by atomic mass is 79.9. The van der Waals surface area contributed by atoms with Crippen molar-refractivity contribution in [3.8, 4) is 5.75 Å². The highest BCUT2D eigenvalue weighted by Crippen LogP contribution is 2.24. The predicted molar refractivity (Wildman–Crippen MR) is 78.0 cm³/mol. The van der Waals surface area contributed by atoms with Crippen molar-refractivity contribution in [3.05, 3.63) is 28.2 Å². The van der Waals surface area contributed by atoms with Gasteiger partial charge >= 0.3 is 0 Å². The van der Waals surface area contributed by atoms with Gasteiger partial charge in [-0.1, -0.05) is 15.9 Å². The molecule has 1 heterocycles. The smallest absolute Gasteiger partial charge is 0.124 e. The van der Waals surface area contributed by atoms with E-state index < -0.39 is 0 Å². The first-order valence-corrected chi connectivity index (χ1v) is 7.18. The van der Waals surface area contributed by atoms with E-state index in [1.54, 1.807) is 12.3 Å². The third kappa shape index (κ3) is 3.05. The summed E-state index contributed by atoms with van der Waals surface area (Å²) in [5.74, 6) is 0.263. The molecule has 0 saturated carbocycles. The van der Waals surface area contributed by atoms with Crippen LogP contribution >= 0.6 is 15.9 Å². The van der Waals surface area contributed by atoms with E-state index in [4.69, 9.17) is 0 Å². The minimum Gasteiger partial charge on any atom is -0.507 e. The topological polar surface area (TPSA) is 35.8 Å². The minimum absolute atomic E-state index is 0.263. The van der Waals surface area contributed by atoms with Crippen LogP contribution in [0.15, 0.2) is 27.8 Å². The summed E-state index contributed by atoms with van der Waals surface area (Å²) in [6, 6.07) is 6.31. The van der Waals surface area contributed by atoms with Gasteiger partial charge in [-0.2, -0.15) is 5.10 Å². The number of rotatable bonds is 2. The fourth-order valence-electron chi connectivity index (χ4n) is 2.39. The monoisotopic (exact) mass is 310 g/mol. The lowest BCUT2D eigenvalue weighted by atomic mass is 10.00. The maximum Gasteiger partial charge on any atom is 0.124 e. The molecule has 2 rings (SSSR count). The molecule has 0 spiro atoms. The molecule has 1 aromatic carbocycles. The first kappa shape index (κ1) is 13.4. The zero-order valence-electron chi connectivity index (χ0n) is 10.8. The number of aromatic hydroxyl groups is 1. The third-order valence-electron chi connectivity index (χ3n) is 3.47. The largest absolute Gasteiger partial charge is 0.507 e. The molecule has 18 heavy (non-hydrogen) atoms. The van der Waals surface area contributed by atoms with Gasteiger partial charge in [0.05, 0.1) is 6.21 Å². The predicted octanol–water partition coefficient (Wildman–Crippen LogP) is 3.75. The van der Waals surface area contributed by atoms with E-state index in [2.05, 4.69) is 39.9 Å². The highest BCUT2D eigenvalue weighted by Gasteiger charge is 2.22. The molecule has 1 fully saturated rings. The molecule has 98 valence electrons. The molecular weight excluding hydrogens is 292 g/mol. The van der Waals surface area contributed by atoms with Crippen molar-refractivity contribution < 1.29 is 5.11 Å². The summed E-state index contributed by atoms with van der Waals surface area (Å²) in [6.07, 6.45) is 5.40. The van der Waals surface area contributed by atoms with Crippen LogP contribution in [0.3, 0.4) is 0 Å². The molecular formula is C14H19BrN2O. The van der Waals surface area contributed by atoms with Gasteiger partial charge in [-0.3, -0.25) is 5.01 Å². The van der Waals surface area contributed by atoms with Gasteiger partial charge in [0.2, 0.25) is 0 Å². The van der Waals surface area contributed by atoms with Crippen molar-refractivity contribution >= 4 is 22.1 Å². The SMILES string of the molecule is C[C@H]1CCC[C@H](C)N1/N=C/c1cc(Br)ccc1O. The maximum atomic E-state index is 9.77. The van der Waals surface area contributed by atoms with Crippen LogP contribution in [0, 0.1) is 0 Å². The van der Waals surface area contributed by atoms with E-state index in [-0.39, 0.29) is 5.75 Å². The van der Waals surface area contributed by atoms with Crippen LogP contribution in [0.1, 0.15) is 38.7 Å². The Balaban J connectivity index is 2.16. The Morgan fingerprint density at radius 3 is 2.67 bits per heavy atom. The first-order chi connectivity index (χ1) is 8.58. The Hall–Kier alpha value is -1.03. The van der Waals surface area contributed by atoms with Crippen LogP contribution in [-0.2, 0) is 0 Å². The van der Waals surface area contributed by atoms with E-state index in [1.165, 1.54) is 19.3 Å². The standard InChI is InChI=1S/C14H19BrN2O/c1-10-4-3-5-11(2)17(10)16-9-12-8-13(15)6-7-14(12)18/h6-11,18H,3-5H2,1-2H3/b16-9+/t10-,11-/m0/s1. The van der Waals surface area contributed by atoms with Crippen molar-refractivity contribution in [2.75, 3.05) is 0 Å². The van der Waals surface area contributed by atoms with Crippen LogP contribution in [0.2, 0.25) is 0 Å². The van der Waals surface area contributed by atoms with Gasteiger partial charge in [0.25, 0.3) is 0 Å². The number of piperidine rings is 1. The quantitative estimate of drug-likeness (QED) is 0.844. The minimum atomic E-state index is 0.263. The van der Waals surface area contributed by atoms with Crippen LogP contribution in [0.5, 0.6) is 5.75 Å². The van der Waals surface area contributed by atoms with E-state index >= 15 is 0 Å². The number of hydrogen-bond donors (Lipinski definition) is 1. The van der Waals surface area contributed by atoms with Crippen LogP contribution in [-0.4, -0.2) is 28.4 Å². The Bertz CT molecular complexity index is 437. The number of nitrogens with zero attached hydrogens (tertiary/aromatic N) is 2. The second-order valence-electron chi connectivity index (χ2n) is 4.96. The highest BCUT2D eigenvalue weighted by molar-refractivity contribution is 9.10. The van der Waals surface area contributed by atoms with Crippen LogP contribution in [0.4, 0.5) is 0 Å². The zero-order valence-corrected chi connectivity index (χ0v) is 12.4. The number of hydrazone groups is 1. The van der Waals surface area contributed by atoms with Crippen molar-refractivity contribution in [2.24, 2.45) is 5.10 Å². The van der Waals surface area contributed by atoms with Gasteiger partial charge in [0.15, 0.2) is 0 Å². The van der Waals surface area contributed by atoms with Crippen LogP contribution < -0.4 is 0 Å². The normalized spacial score (nSPS) is 24.7. The number of benzene rings is 1. The number of hydrogen-bond acceptors (Lipinski definition) is 3. The van der Waals surface area contributed by atoms with Gasteiger partial charge in [0.1, 0.15) is 5.75 Å². The Kier molecular flexibility index (Phi) is 4.27. The van der Waals surface area contributed by atoms with Gasteiger partial charge in [-0.15, -0.1) is 0 Å². The molecule has 1 saturated heterocycles. The summed E-state index contributed by atoms with van der Waals surface area (Å²) >= 11 is 3.40. The van der Waals surface area contributed by atoms with Crippen molar-refractivity contribution in [3.63, 3.8) is 0 Å². The van der Waals surface area contributed by atoms with E-state index in [0.717, 1.165) is 10.0 Å². The molecule has 0 radical (unpaired) electrons. The van der Waals surface area contributed by atoms with E-state index in [0.29, 0.717) is 12.1 Å². The van der Waals surface area contributed by atoms with Crippen LogP contribution in [0.25, 0.3) is 0 Å². The Morgan fingerprint density at radius 1 is 1.33 bits per heavy atom. The zero-order chi connectivity index (χ0) is 13.1. The average Bonchev–Trinajstić information content (AvgIpc) is 2.33. The molecule has 3 nitrogen and oxygen atoms in total. The lowest BCUT2D eigenvalue weighted by Crippen LogP contribution is -2.39. The summed E-state index contributed by atoms with van der Waals surface area (Å²) in [7, 11) is 0. The molecule has 0 unspecified atom stereocenters. The molecule has 0 bridgehead atoms. The molecule has 1 aliphatic rings. The lowest BCUT2D eigenvalue weighted by Gasteiger charge is -2.36. The molecule has 1 N–H and O–H groups in total. The van der Waals surface area contributed by atoms with Crippen molar-refractivity contribution in [2.45, 2.75) is 45.2 Å². The summed E-state index contributed by atoms with van der Waals surface area (Å²) in [6.45, 7) is 4.40.